The number of hydrogen-bond donors (Lipinski definition) is 1. The maximum absolute atomic E-state index is 6.21. The highest BCUT2D eigenvalue weighted by Gasteiger charge is 2.08. The van der Waals surface area contributed by atoms with Crippen molar-refractivity contribution >= 4 is 5.69 Å². The van der Waals surface area contributed by atoms with Crippen molar-refractivity contribution in [3.05, 3.63) is 47.8 Å². The summed E-state index contributed by atoms with van der Waals surface area (Å²) in [5.74, 6) is 0. The van der Waals surface area contributed by atoms with Crippen molar-refractivity contribution in [1.29, 1.82) is 0 Å². The molecule has 1 unspecified atom stereocenters. The Morgan fingerprint density at radius 3 is 2.44 bits per heavy atom. The van der Waals surface area contributed by atoms with Gasteiger partial charge in [0.25, 0.3) is 0 Å². The number of anilines is 1. The third kappa shape index (κ3) is 2.90. The fourth-order valence-corrected chi connectivity index (χ4v) is 1.97. The smallest absolute Gasteiger partial charge is 0.0522 e. The molecule has 4 heteroatoms. The van der Waals surface area contributed by atoms with Crippen LogP contribution in [0.3, 0.4) is 0 Å². The summed E-state index contributed by atoms with van der Waals surface area (Å²) in [6, 6.07) is 8.40. The summed E-state index contributed by atoms with van der Waals surface area (Å²) in [6.07, 6.45) is 4.69. The average Bonchev–Trinajstić information content (AvgIpc) is 2.75. The number of rotatable bonds is 4. The van der Waals surface area contributed by atoms with E-state index in [-0.39, 0.29) is 6.04 Å². The van der Waals surface area contributed by atoms with Crippen molar-refractivity contribution in [1.82, 2.24) is 9.78 Å². The Bertz CT molecular complexity index is 499. The lowest BCUT2D eigenvalue weighted by Crippen LogP contribution is -2.14. The predicted molar refractivity (Wildman–Crippen MR) is 74.6 cm³/mol. The third-order valence-corrected chi connectivity index (χ3v) is 3.05. The van der Waals surface area contributed by atoms with Gasteiger partial charge in [0.1, 0.15) is 0 Å². The van der Waals surface area contributed by atoms with Crippen molar-refractivity contribution in [2.75, 3.05) is 19.0 Å². The fourth-order valence-electron chi connectivity index (χ4n) is 1.97. The molecule has 96 valence electrons. The first-order chi connectivity index (χ1) is 8.56. The quantitative estimate of drug-likeness (QED) is 0.891. The number of aryl methyl sites for hydroxylation is 1. The highest BCUT2D eigenvalue weighted by Crippen LogP contribution is 2.19. The van der Waals surface area contributed by atoms with Crippen LogP contribution in [-0.2, 0) is 13.5 Å². The molecule has 2 N–H and O–H groups in total. The lowest BCUT2D eigenvalue weighted by atomic mass is 10.0. The molecule has 18 heavy (non-hydrogen) atoms. The van der Waals surface area contributed by atoms with Crippen LogP contribution >= 0.6 is 0 Å². The van der Waals surface area contributed by atoms with Crippen LogP contribution in [0.5, 0.6) is 0 Å². The molecule has 0 saturated heterocycles. The van der Waals surface area contributed by atoms with Gasteiger partial charge in [-0.25, -0.2) is 0 Å². The lowest BCUT2D eigenvalue weighted by Gasteiger charge is -2.15. The minimum Gasteiger partial charge on any atom is -0.378 e. The van der Waals surface area contributed by atoms with Crippen LogP contribution in [0.25, 0.3) is 0 Å². The lowest BCUT2D eigenvalue weighted by molar-refractivity contribution is 0.719. The zero-order chi connectivity index (χ0) is 13.1. The second kappa shape index (κ2) is 5.23. The van der Waals surface area contributed by atoms with Crippen molar-refractivity contribution in [2.45, 2.75) is 12.5 Å². The normalized spacial score (nSPS) is 12.4. The highest BCUT2D eigenvalue weighted by atomic mass is 15.2. The summed E-state index contributed by atoms with van der Waals surface area (Å²) < 4.78 is 1.80. The molecule has 0 fully saturated rings. The van der Waals surface area contributed by atoms with Gasteiger partial charge < -0.3 is 10.6 Å². The Balaban J connectivity index is 2.06. The zero-order valence-corrected chi connectivity index (χ0v) is 11.2. The van der Waals surface area contributed by atoms with E-state index >= 15 is 0 Å². The number of aromatic nitrogens is 2. The second-order valence-electron chi connectivity index (χ2n) is 4.82. The van der Waals surface area contributed by atoms with Crippen LogP contribution in [0, 0.1) is 0 Å². The van der Waals surface area contributed by atoms with Gasteiger partial charge in [-0.1, -0.05) is 12.1 Å². The van der Waals surface area contributed by atoms with Crippen molar-refractivity contribution in [3.63, 3.8) is 0 Å². The van der Waals surface area contributed by atoms with Gasteiger partial charge in [0.15, 0.2) is 0 Å². The average molecular weight is 244 g/mol. The topological polar surface area (TPSA) is 47.1 Å². The monoisotopic (exact) mass is 244 g/mol. The molecule has 1 aromatic carbocycles. The van der Waals surface area contributed by atoms with E-state index in [0.29, 0.717) is 0 Å². The Hall–Kier alpha value is -1.81. The molecule has 1 aromatic heterocycles. The summed E-state index contributed by atoms with van der Waals surface area (Å²) >= 11 is 0. The molecule has 0 saturated carbocycles. The summed E-state index contributed by atoms with van der Waals surface area (Å²) in [4.78, 5) is 2.08. The van der Waals surface area contributed by atoms with Crippen molar-refractivity contribution in [2.24, 2.45) is 12.8 Å². The molecule has 0 amide bonds. The Morgan fingerprint density at radius 2 is 1.94 bits per heavy atom. The first kappa shape index (κ1) is 12.6. The van der Waals surface area contributed by atoms with E-state index in [1.165, 1.54) is 11.3 Å². The van der Waals surface area contributed by atoms with E-state index < -0.39 is 0 Å². The van der Waals surface area contributed by atoms with E-state index in [9.17, 15) is 0 Å². The predicted octanol–water partition coefficient (Wildman–Crippen LogP) is 1.73. The minimum atomic E-state index is 0.0189. The van der Waals surface area contributed by atoms with Crippen LogP contribution in [0.2, 0.25) is 0 Å². The molecule has 4 nitrogen and oxygen atoms in total. The zero-order valence-electron chi connectivity index (χ0n) is 11.2. The SMILES string of the molecule is CN(C)c1ccc(C(N)Cc2cnn(C)c2)cc1. The number of nitrogens with zero attached hydrogens (tertiary/aromatic N) is 3. The fraction of sp³-hybridized carbons (Fsp3) is 0.357. The molecule has 1 atom stereocenters. The number of nitrogens with two attached hydrogens (primary N) is 1. The van der Waals surface area contributed by atoms with Crippen LogP contribution in [0.4, 0.5) is 5.69 Å². The Labute approximate surface area is 108 Å². The van der Waals surface area contributed by atoms with Gasteiger partial charge in [0, 0.05) is 39.1 Å². The molecule has 0 bridgehead atoms. The van der Waals surface area contributed by atoms with Gasteiger partial charge >= 0.3 is 0 Å². The molecule has 1 heterocycles. The van der Waals surface area contributed by atoms with E-state index in [1.54, 1.807) is 4.68 Å². The number of benzene rings is 1. The molecule has 2 rings (SSSR count). The maximum atomic E-state index is 6.21. The first-order valence-corrected chi connectivity index (χ1v) is 6.06. The molecule has 2 aromatic rings. The first-order valence-electron chi connectivity index (χ1n) is 6.06. The van der Waals surface area contributed by atoms with Gasteiger partial charge in [0.05, 0.1) is 6.20 Å². The molecule has 0 radical (unpaired) electrons. The third-order valence-electron chi connectivity index (χ3n) is 3.05. The van der Waals surface area contributed by atoms with Crippen molar-refractivity contribution in [3.8, 4) is 0 Å². The summed E-state index contributed by atoms with van der Waals surface area (Å²) in [5.41, 5.74) is 9.72. The van der Waals surface area contributed by atoms with Gasteiger partial charge in [-0.15, -0.1) is 0 Å². The van der Waals surface area contributed by atoms with E-state index in [4.69, 9.17) is 5.73 Å². The van der Waals surface area contributed by atoms with Gasteiger partial charge in [-0.05, 0) is 29.7 Å². The molecule has 0 spiro atoms. The van der Waals surface area contributed by atoms with Crippen LogP contribution in [0.15, 0.2) is 36.7 Å². The molecular formula is C14H20N4. The van der Waals surface area contributed by atoms with Crippen LogP contribution < -0.4 is 10.6 Å². The standard InChI is InChI=1S/C14H20N4/c1-17(2)13-6-4-12(5-7-13)14(15)8-11-9-16-18(3)10-11/h4-7,9-10,14H,8,15H2,1-3H3. The van der Waals surface area contributed by atoms with E-state index in [1.807, 2.05) is 33.5 Å². The number of hydrogen-bond acceptors (Lipinski definition) is 3. The maximum Gasteiger partial charge on any atom is 0.0522 e. The van der Waals surface area contributed by atoms with E-state index in [0.717, 1.165) is 12.0 Å². The molecule has 0 aliphatic rings. The molecule has 0 aliphatic carbocycles. The molecular weight excluding hydrogens is 224 g/mol. The van der Waals surface area contributed by atoms with Gasteiger partial charge in [0.2, 0.25) is 0 Å². The summed E-state index contributed by atoms with van der Waals surface area (Å²) in [5, 5.41) is 4.16. The van der Waals surface area contributed by atoms with Gasteiger partial charge in [-0.3, -0.25) is 4.68 Å². The second-order valence-corrected chi connectivity index (χ2v) is 4.82. The largest absolute Gasteiger partial charge is 0.378 e. The Kier molecular flexibility index (Phi) is 3.67. The van der Waals surface area contributed by atoms with E-state index in [2.05, 4.69) is 34.3 Å². The van der Waals surface area contributed by atoms with Gasteiger partial charge in [-0.2, -0.15) is 5.10 Å². The van der Waals surface area contributed by atoms with Crippen molar-refractivity contribution < 1.29 is 0 Å². The molecule has 0 aliphatic heterocycles. The summed E-state index contributed by atoms with van der Waals surface area (Å²) in [7, 11) is 5.98. The summed E-state index contributed by atoms with van der Waals surface area (Å²) in [6.45, 7) is 0. The Morgan fingerprint density at radius 1 is 1.28 bits per heavy atom. The highest BCUT2D eigenvalue weighted by molar-refractivity contribution is 5.46. The minimum absolute atomic E-state index is 0.0189. The van der Waals surface area contributed by atoms with Crippen LogP contribution in [0.1, 0.15) is 17.2 Å². The van der Waals surface area contributed by atoms with Crippen LogP contribution in [-0.4, -0.2) is 23.9 Å².